The summed E-state index contributed by atoms with van der Waals surface area (Å²) in [6, 6.07) is 24.3. The summed E-state index contributed by atoms with van der Waals surface area (Å²) < 4.78 is 12.4. The van der Waals surface area contributed by atoms with E-state index in [2.05, 4.69) is 22.1 Å². The fraction of sp³-hybridized carbons (Fsp3) is 0.154. The monoisotopic (exact) mass is 426 g/mol. The van der Waals surface area contributed by atoms with Gasteiger partial charge in [0.05, 0.1) is 12.2 Å². The quantitative estimate of drug-likeness (QED) is 0.417. The van der Waals surface area contributed by atoms with E-state index in [1.54, 1.807) is 6.20 Å². The molecule has 0 saturated heterocycles. The van der Waals surface area contributed by atoms with Crippen LogP contribution in [0.5, 0.6) is 11.5 Å². The first-order chi connectivity index (χ1) is 15.6. The zero-order valence-electron chi connectivity index (χ0n) is 18.0. The molecule has 1 aromatic heterocycles. The molecule has 0 unspecified atom stereocenters. The molecule has 0 aliphatic heterocycles. The Morgan fingerprint density at radius 3 is 2.12 bits per heavy atom. The molecule has 3 aromatic carbocycles. The van der Waals surface area contributed by atoms with Gasteiger partial charge in [-0.2, -0.15) is 4.98 Å². The minimum absolute atomic E-state index is 0.160. The van der Waals surface area contributed by atoms with Crippen LogP contribution in [0.4, 0.5) is 11.8 Å². The number of hydrogen-bond donors (Lipinski definition) is 2. The van der Waals surface area contributed by atoms with Crippen LogP contribution in [0.25, 0.3) is 11.1 Å². The third-order valence-corrected chi connectivity index (χ3v) is 5.04. The van der Waals surface area contributed by atoms with Crippen LogP contribution >= 0.6 is 0 Å². The van der Waals surface area contributed by atoms with Gasteiger partial charge in [0.15, 0.2) is 0 Å². The lowest BCUT2D eigenvalue weighted by Gasteiger charge is -2.18. The molecular weight excluding hydrogens is 400 g/mol. The highest BCUT2D eigenvalue weighted by Crippen LogP contribution is 2.41. The minimum atomic E-state index is 0.160. The summed E-state index contributed by atoms with van der Waals surface area (Å²) in [6.45, 7) is 2.95. The Hall–Kier alpha value is -4.06. The first-order valence-corrected chi connectivity index (χ1v) is 10.5. The molecule has 0 saturated carbocycles. The maximum Gasteiger partial charge on any atom is 0.221 e. The third-order valence-electron chi connectivity index (χ3n) is 5.04. The van der Waals surface area contributed by atoms with E-state index in [0.29, 0.717) is 25.5 Å². The number of nitrogens with zero attached hydrogens (tertiary/aromatic N) is 2. The summed E-state index contributed by atoms with van der Waals surface area (Å²) in [4.78, 5) is 8.16. The molecule has 4 N–H and O–H groups in total. The van der Waals surface area contributed by atoms with Crippen molar-refractivity contribution in [2.75, 3.05) is 18.1 Å². The summed E-state index contributed by atoms with van der Waals surface area (Å²) in [5.41, 5.74) is 16.5. The van der Waals surface area contributed by atoms with Gasteiger partial charge in [-0.15, -0.1) is 0 Å². The Morgan fingerprint density at radius 2 is 1.47 bits per heavy atom. The number of rotatable bonds is 8. The molecule has 1 heterocycles. The Labute approximate surface area is 187 Å². The van der Waals surface area contributed by atoms with E-state index in [4.69, 9.17) is 20.9 Å². The van der Waals surface area contributed by atoms with Crippen molar-refractivity contribution in [2.24, 2.45) is 0 Å². The molecule has 162 valence electrons. The first kappa shape index (κ1) is 21.2. The number of nitrogens with two attached hydrogens (primary N) is 2. The fourth-order valence-electron chi connectivity index (χ4n) is 3.54. The molecule has 0 fully saturated rings. The summed E-state index contributed by atoms with van der Waals surface area (Å²) >= 11 is 0. The third kappa shape index (κ3) is 4.98. The number of nitrogen functional groups attached to an aromatic ring is 2. The summed E-state index contributed by atoms with van der Waals surface area (Å²) in [7, 11) is 0. The average Bonchev–Trinajstić information content (AvgIpc) is 2.81. The van der Waals surface area contributed by atoms with E-state index in [0.717, 1.165) is 39.3 Å². The molecule has 6 heteroatoms. The van der Waals surface area contributed by atoms with Gasteiger partial charge in [0.1, 0.15) is 23.9 Å². The highest BCUT2D eigenvalue weighted by Gasteiger charge is 2.17. The Balaban J connectivity index is 1.77. The van der Waals surface area contributed by atoms with Crippen molar-refractivity contribution in [2.45, 2.75) is 20.0 Å². The van der Waals surface area contributed by atoms with Crippen LogP contribution in [0.3, 0.4) is 0 Å². The maximum atomic E-state index is 6.33. The predicted molar refractivity (Wildman–Crippen MR) is 127 cm³/mol. The average molecular weight is 427 g/mol. The highest BCUT2D eigenvalue weighted by molar-refractivity contribution is 5.77. The topological polar surface area (TPSA) is 96.3 Å². The summed E-state index contributed by atoms with van der Waals surface area (Å²) in [5.74, 6) is 2.03. The van der Waals surface area contributed by atoms with Crippen molar-refractivity contribution in [3.8, 4) is 22.6 Å². The number of ether oxygens (including phenoxy) is 2. The predicted octanol–water partition coefficient (Wildman–Crippen LogP) is 4.88. The molecule has 4 rings (SSSR count). The van der Waals surface area contributed by atoms with Gasteiger partial charge in [0, 0.05) is 18.2 Å². The molecule has 0 atom stereocenters. The van der Waals surface area contributed by atoms with Crippen molar-refractivity contribution in [1.82, 2.24) is 9.97 Å². The van der Waals surface area contributed by atoms with E-state index in [1.807, 2.05) is 67.6 Å². The van der Waals surface area contributed by atoms with Crippen LogP contribution in [0.15, 0.2) is 79.0 Å². The Kier molecular flexibility index (Phi) is 6.51. The second-order valence-corrected chi connectivity index (χ2v) is 7.36. The van der Waals surface area contributed by atoms with Crippen molar-refractivity contribution in [3.63, 3.8) is 0 Å². The van der Waals surface area contributed by atoms with Gasteiger partial charge >= 0.3 is 0 Å². The van der Waals surface area contributed by atoms with Crippen LogP contribution in [-0.2, 0) is 13.0 Å². The SMILES string of the molecule is CCOc1cc(Cc2cnc(N)nc2N)cc(OCc2ccccc2)c1-c1ccccc1. The zero-order chi connectivity index (χ0) is 22.3. The lowest BCUT2D eigenvalue weighted by atomic mass is 9.98. The second kappa shape index (κ2) is 9.83. The Bertz CT molecular complexity index is 1180. The molecular formula is C26H26N4O2. The van der Waals surface area contributed by atoms with Crippen LogP contribution in [0, 0.1) is 0 Å². The lowest BCUT2D eigenvalue weighted by molar-refractivity contribution is 0.301. The molecule has 32 heavy (non-hydrogen) atoms. The van der Waals surface area contributed by atoms with Crippen molar-refractivity contribution >= 4 is 11.8 Å². The molecule has 0 amide bonds. The van der Waals surface area contributed by atoms with Gasteiger partial charge in [-0.25, -0.2) is 4.98 Å². The van der Waals surface area contributed by atoms with Gasteiger partial charge in [0.25, 0.3) is 0 Å². The molecule has 6 nitrogen and oxygen atoms in total. The van der Waals surface area contributed by atoms with E-state index in [1.165, 1.54) is 0 Å². The van der Waals surface area contributed by atoms with Crippen LogP contribution in [0.1, 0.15) is 23.6 Å². The summed E-state index contributed by atoms with van der Waals surface area (Å²) in [6.07, 6.45) is 2.19. The van der Waals surface area contributed by atoms with Gasteiger partial charge < -0.3 is 20.9 Å². The molecule has 0 aliphatic rings. The largest absolute Gasteiger partial charge is 0.493 e. The van der Waals surface area contributed by atoms with Crippen molar-refractivity contribution in [1.29, 1.82) is 0 Å². The molecule has 0 bridgehead atoms. The maximum absolute atomic E-state index is 6.33. The molecule has 0 aliphatic carbocycles. The second-order valence-electron chi connectivity index (χ2n) is 7.36. The lowest BCUT2D eigenvalue weighted by Crippen LogP contribution is -2.05. The molecule has 4 aromatic rings. The smallest absolute Gasteiger partial charge is 0.221 e. The van der Waals surface area contributed by atoms with Gasteiger partial charge in [-0.3, -0.25) is 0 Å². The van der Waals surface area contributed by atoms with Gasteiger partial charge in [-0.05, 0) is 35.7 Å². The minimum Gasteiger partial charge on any atom is -0.493 e. The van der Waals surface area contributed by atoms with Crippen LogP contribution in [0.2, 0.25) is 0 Å². The van der Waals surface area contributed by atoms with Gasteiger partial charge in [-0.1, -0.05) is 60.7 Å². The fourth-order valence-corrected chi connectivity index (χ4v) is 3.54. The Morgan fingerprint density at radius 1 is 0.812 bits per heavy atom. The van der Waals surface area contributed by atoms with E-state index >= 15 is 0 Å². The summed E-state index contributed by atoms with van der Waals surface area (Å²) in [5, 5.41) is 0. The highest BCUT2D eigenvalue weighted by atomic mass is 16.5. The number of benzene rings is 3. The van der Waals surface area contributed by atoms with E-state index < -0.39 is 0 Å². The number of hydrogen-bond acceptors (Lipinski definition) is 6. The standard InChI is InChI=1S/C26H26N4O2/c1-2-31-22-14-19(13-21-16-29-26(28)30-25(21)27)15-23(24(22)20-11-7-4-8-12-20)32-17-18-9-5-3-6-10-18/h3-12,14-16H,2,13,17H2,1H3,(H4,27,28,29,30). The van der Waals surface area contributed by atoms with Gasteiger partial charge in [0.2, 0.25) is 5.95 Å². The normalized spacial score (nSPS) is 10.7. The molecule has 0 radical (unpaired) electrons. The van der Waals surface area contributed by atoms with Crippen molar-refractivity contribution < 1.29 is 9.47 Å². The van der Waals surface area contributed by atoms with E-state index in [-0.39, 0.29) is 5.95 Å². The van der Waals surface area contributed by atoms with E-state index in [9.17, 15) is 0 Å². The van der Waals surface area contributed by atoms with Crippen LogP contribution in [-0.4, -0.2) is 16.6 Å². The van der Waals surface area contributed by atoms with Crippen LogP contribution < -0.4 is 20.9 Å². The number of aromatic nitrogens is 2. The zero-order valence-corrected chi connectivity index (χ0v) is 18.0. The number of anilines is 2. The van der Waals surface area contributed by atoms with Crippen molar-refractivity contribution in [3.05, 3.63) is 95.7 Å². The first-order valence-electron chi connectivity index (χ1n) is 10.5. The molecule has 0 spiro atoms.